The smallest absolute Gasteiger partial charge is 0.331 e. The van der Waals surface area contributed by atoms with Gasteiger partial charge in [0.15, 0.2) is 11.5 Å². The third kappa shape index (κ3) is 12.5. The standard InChI is InChI=1S/C25H40O5/c1-2-3-4-7-10-13-22(14-11-8-5-6-9-12-19-26)30-25(29)18-16-21-15-17-23(27)24(28)20-21/h15-18,20,22,26-28H,2-14,19H2,1H3/t22-/m1/s1. The number of rotatable bonds is 17. The number of esters is 1. The van der Waals surface area contributed by atoms with Gasteiger partial charge in [0.25, 0.3) is 0 Å². The Morgan fingerprint density at radius 2 is 1.50 bits per heavy atom. The van der Waals surface area contributed by atoms with Crippen LogP contribution in [-0.2, 0) is 9.53 Å². The Labute approximate surface area is 181 Å². The van der Waals surface area contributed by atoms with Crippen molar-refractivity contribution in [2.45, 2.75) is 96.5 Å². The fourth-order valence-corrected chi connectivity index (χ4v) is 3.44. The number of carbonyl (C=O) groups is 1. The van der Waals surface area contributed by atoms with Crippen LogP contribution in [0.3, 0.4) is 0 Å². The number of hydrogen-bond donors (Lipinski definition) is 3. The van der Waals surface area contributed by atoms with E-state index in [2.05, 4.69) is 6.92 Å². The van der Waals surface area contributed by atoms with E-state index >= 15 is 0 Å². The van der Waals surface area contributed by atoms with Gasteiger partial charge in [-0.2, -0.15) is 0 Å². The lowest BCUT2D eigenvalue weighted by Gasteiger charge is -2.17. The topological polar surface area (TPSA) is 87.0 Å². The molecule has 170 valence electrons. The van der Waals surface area contributed by atoms with E-state index in [1.807, 2.05) is 0 Å². The number of ether oxygens (including phenoxy) is 1. The molecule has 0 spiro atoms. The number of carbonyl (C=O) groups excluding carboxylic acids is 1. The molecule has 0 saturated carbocycles. The van der Waals surface area contributed by atoms with Gasteiger partial charge in [0.2, 0.25) is 0 Å². The van der Waals surface area contributed by atoms with Gasteiger partial charge >= 0.3 is 5.97 Å². The third-order valence-corrected chi connectivity index (χ3v) is 5.26. The van der Waals surface area contributed by atoms with Gasteiger partial charge in [0, 0.05) is 12.7 Å². The number of aliphatic hydroxyl groups excluding tert-OH is 1. The molecule has 3 N–H and O–H groups in total. The molecule has 1 aromatic carbocycles. The summed E-state index contributed by atoms with van der Waals surface area (Å²) < 4.78 is 5.71. The zero-order chi connectivity index (χ0) is 22.0. The molecule has 0 aliphatic carbocycles. The molecule has 30 heavy (non-hydrogen) atoms. The van der Waals surface area contributed by atoms with Crippen LogP contribution in [0.25, 0.3) is 6.08 Å². The van der Waals surface area contributed by atoms with Crippen LogP contribution in [0.15, 0.2) is 24.3 Å². The Morgan fingerprint density at radius 1 is 0.900 bits per heavy atom. The van der Waals surface area contributed by atoms with Crippen LogP contribution in [0.5, 0.6) is 11.5 Å². The average Bonchev–Trinajstić information content (AvgIpc) is 2.73. The summed E-state index contributed by atoms with van der Waals surface area (Å²) >= 11 is 0. The maximum Gasteiger partial charge on any atom is 0.331 e. The van der Waals surface area contributed by atoms with Crippen LogP contribution in [0, 0.1) is 0 Å². The Balaban J connectivity index is 2.45. The van der Waals surface area contributed by atoms with Crippen molar-refractivity contribution in [1.82, 2.24) is 0 Å². The summed E-state index contributed by atoms with van der Waals surface area (Å²) in [6, 6.07) is 4.42. The molecule has 1 atom stereocenters. The zero-order valence-corrected chi connectivity index (χ0v) is 18.5. The van der Waals surface area contributed by atoms with Crippen LogP contribution in [0.2, 0.25) is 0 Å². The lowest BCUT2D eigenvalue weighted by Crippen LogP contribution is -2.17. The molecule has 0 amide bonds. The third-order valence-electron chi connectivity index (χ3n) is 5.26. The maximum absolute atomic E-state index is 12.3. The largest absolute Gasteiger partial charge is 0.504 e. The van der Waals surface area contributed by atoms with Crippen molar-refractivity contribution in [1.29, 1.82) is 0 Å². The number of unbranched alkanes of at least 4 members (excludes halogenated alkanes) is 9. The molecule has 5 heteroatoms. The fourth-order valence-electron chi connectivity index (χ4n) is 3.44. The van der Waals surface area contributed by atoms with Crippen molar-refractivity contribution in [3.05, 3.63) is 29.8 Å². The van der Waals surface area contributed by atoms with Gasteiger partial charge in [0.1, 0.15) is 6.10 Å². The van der Waals surface area contributed by atoms with E-state index < -0.39 is 0 Å². The van der Waals surface area contributed by atoms with Crippen LogP contribution < -0.4 is 0 Å². The molecule has 0 fully saturated rings. The van der Waals surface area contributed by atoms with E-state index in [-0.39, 0.29) is 30.2 Å². The second-order valence-electron chi connectivity index (χ2n) is 7.98. The molecule has 0 heterocycles. The molecule has 0 radical (unpaired) electrons. The first-order chi connectivity index (χ1) is 14.6. The van der Waals surface area contributed by atoms with Crippen molar-refractivity contribution in [2.75, 3.05) is 6.61 Å². The summed E-state index contributed by atoms with van der Waals surface area (Å²) in [5, 5.41) is 27.7. The molecule has 0 bridgehead atoms. The monoisotopic (exact) mass is 420 g/mol. The summed E-state index contributed by atoms with van der Waals surface area (Å²) in [6.07, 6.45) is 17.0. The SMILES string of the molecule is CCCCCCC[C@H](CCCCCCCCO)OC(=O)C=Cc1ccc(O)c(O)c1. The molecule has 0 aromatic heterocycles. The van der Waals surface area contributed by atoms with E-state index in [1.54, 1.807) is 12.1 Å². The van der Waals surface area contributed by atoms with Crippen LogP contribution >= 0.6 is 0 Å². The van der Waals surface area contributed by atoms with E-state index in [9.17, 15) is 15.0 Å². The highest BCUT2D eigenvalue weighted by atomic mass is 16.5. The normalized spacial score (nSPS) is 12.3. The molecule has 5 nitrogen and oxygen atoms in total. The van der Waals surface area contributed by atoms with Gasteiger partial charge in [0.05, 0.1) is 0 Å². The molecule has 1 aromatic rings. The number of aromatic hydroxyl groups is 2. The minimum absolute atomic E-state index is 0.0607. The predicted octanol–water partition coefficient (Wildman–Crippen LogP) is 6.11. The first-order valence-corrected chi connectivity index (χ1v) is 11.6. The summed E-state index contributed by atoms with van der Waals surface area (Å²) in [5.74, 6) is -0.771. The van der Waals surface area contributed by atoms with E-state index in [0.29, 0.717) is 5.56 Å². The Morgan fingerprint density at radius 3 is 2.10 bits per heavy atom. The van der Waals surface area contributed by atoms with Gasteiger partial charge in [-0.3, -0.25) is 0 Å². The second kappa shape index (κ2) is 16.8. The van der Waals surface area contributed by atoms with Gasteiger partial charge in [-0.1, -0.05) is 64.4 Å². The summed E-state index contributed by atoms with van der Waals surface area (Å²) in [6.45, 7) is 2.47. The highest BCUT2D eigenvalue weighted by Gasteiger charge is 2.13. The molecular formula is C25H40O5. The quantitative estimate of drug-likeness (QED) is 0.123. The molecule has 1 rings (SSSR count). The average molecular weight is 421 g/mol. The maximum atomic E-state index is 12.3. The van der Waals surface area contributed by atoms with Crippen LogP contribution in [0.1, 0.15) is 96.0 Å². The van der Waals surface area contributed by atoms with Crippen molar-refractivity contribution in [2.24, 2.45) is 0 Å². The van der Waals surface area contributed by atoms with Gasteiger partial charge in [-0.15, -0.1) is 0 Å². The van der Waals surface area contributed by atoms with Crippen molar-refractivity contribution in [3.63, 3.8) is 0 Å². The summed E-state index contributed by atoms with van der Waals surface area (Å²) in [7, 11) is 0. The zero-order valence-electron chi connectivity index (χ0n) is 18.5. The highest BCUT2D eigenvalue weighted by Crippen LogP contribution is 2.25. The first kappa shape index (κ1) is 26.0. The minimum Gasteiger partial charge on any atom is -0.504 e. The second-order valence-corrected chi connectivity index (χ2v) is 7.98. The number of hydrogen-bond acceptors (Lipinski definition) is 5. The van der Waals surface area contributed by atoms with Crippen molar-refractivity contribution >= 4 is 12.0 Å². The summed E-state index contributed by atoms with van der Waals surface area (Å²) in [5.41, 5.74) is 0.626. The van der Waals surface area contributed by atoms with E-state index in [0.717, 1.165) is 57.8 Å². The number of phenolic OH excluding ortho intramolecular Hbond substituents is 2. The molecule has 0 unspecified atom stereocenters. The van der Waals surface area contributed by atoms with Crippen LogP contribution in [-0.4, -0.2) is 34.0 Å². The summed E-state index contributed by atoms with van der Waals surface area (Å²) in [4.78, 5) is 12.3. The van der Waals surface area contributed by atoms with Crippen LogP contribution in [0.4, 0.5) is 0 Å². The number of aliphatic hydroxyl groups is 1. The van der Waals surface area contributed by atoms with Crippen molar-refractivity contribution < 1.29 is 24.9 Å². The first-order valence-electron chi connectivity index (χ1n) is 11.6. The number of phenols is 2. The highest BCUT2D eigenvalue weighted by molar-refractivity contribution is 5.87. The predicted molar refractivity (Wildman–Crippen MR) is 121 cm³/mol. The van der Waals surface area contributed by atoms with Gasteiger partial charge in [-0.25, -0.2) is 4.79 Å². The van der Waals surface area contributed by atoms with Crippen molar-refractivity contribution in [3.8, 4) is 11.5 Å². The lowest BCUT2D eigenvalue weighted by molar-refractivity contribution is -0.143. The Hall–Kier alpha value is -2.01. The Bertz CT molecular complexity index is 612. The van der Waals surface area contributed by atoms with Gasteiger partial charge in [-0.05, 0) is 55.9 Å². The minimum atomic E-state index is -0.371. The Kier molecular flexibility index (Phi) is 14.5. The molecule has 0 aliphatic rings. The van der Waals surface area contributed by atoms with Gasteiger partial charge < -0.3 is 20.1 Å². The fraction of sp³-hybridized carbons (Fsp3) is 0.640. The molecular weight excluding hydrogens is 380 g/mol. The van der Waals surface area contributed by atoms with E-state index in [1.165, 1.54) is 43.9 Å². The number of benzene rings is 1. The van der Waals surface area contributed by atoms with E-state index in [4.69, 9.17) is 9.84 Å². The molecule has 0 aliphatic heterocycles. The molecule has 0 saturated heterocycles. The lowest BCUT2D eigenvalue weighted by atomic mass is 10.0.